The second-order valence-corrected chi connectivity index (χ2v) is 5.74. The Balaban J connectivity index is 1.60. The van der Waals surface area contributed by atoms with E-state index in [1.165, 1.54) is 12.1 Å². The number of nitro groups is 1. The fourth-order valence-corrected chi connectivity index (χ4v) is 2.45. The highest BCUT2D eigenvalue weighted by molar-refractivity contribution is 5.76. The maximum absolute atomic E-state index is 12.0. The van der Waals surface area contributed by atoms with Gasteiger partial charge in [0.2, 0.25) is 5.91 Å². The predicted molar refractivity (Wildman–Crippen MR) is 86.5 cm³/mol. The Hall–Kier alpha value is -2.15. The monoisotopic (exact) mass is 321 g/mol. The van der Waals surface area contributed by atoms with Crippen molar-refractivity contribution in [2.45, 2.75) is 19.3 Å². The van der Waals surface area contributed by atoms with Crippen LogP contribution in [0.3, 0.4) is 0 Å². The first-order valence-corrected chi connectivity index (χ1v) is 7.90. The second-order valence-electron chi connectivity index (χ2n) is 5.74. The summed E-state index contributed by atoms with van der Waals surface area (Å²) in [5.41, 5.74) is 0.0510. The van der Waals surface area contributed by atoms with E-state index >= 15 is 0 Å². The zero-order valence-corrected chi connectivity index (χ0v) is 13.4. The van der Waals surface area contributed by atoms with Gasteiger partial charge in [0.25, 0.3) is 5.69 Å². The molecule has 0 bridgehead atoms. The highest BCUT2D eigenvalue weighted by atomic mass is 16.6. The Morgan fingerprint density at radius 1 is 1.17 bits per heavy atom. The molecular formula is C16H23N3O4. The van der Waals surface area contributed by atoms with Gasteiger partial charge in [-0.05, 0) is 32.0 Å². The molecule has 0 spiro atoms. The Bertz CT molecular complexity index is 525. The van der Waals surface area contributed by atoms with Crippen molar-refractivity contribution in [3.63, 3.8) is 0 Å². The molecule has 7 heteroatoms. The number of unbranched alkanes of at least 4 members (excludes halogenated alkanes) is 1. The zero-order valence-electron chi connectivity index (χ0n) is 13.4. The maximum Gasteiger partial charge on any atom is 0.269 e. The first kappa shape index (κ1) is 17.2. The molecule has 0 saturated carbocycles. The van der Waals surface area contributed by atoms with Crippen LogP contribution in [0.5, 0.6) is 5.75 Å². The van der Waals surface area contributed by atoms with Crippen LogP contribution in [0, 0.1) is 10.1 Å². The van der Waals surface area contributed by atoms with Crippen LogP contribution in [-0.4, -0.2) is 60.5 Å². The van der Waals surface area contributed by atoms with Crippen LogP contribution in [-0.2, 0) is 4.79 Å². The third-order valence-electron chi connectivity index (χ3n) is 3.96. The van der Waals surface area contributed by atoms with Crippen LogP contribution in [0.4, 0.5) is 5.69 Å². The van der Waals surface area contributed by atoms with E-state index < -0.39 is 4.92 Å². The molecule has 1 aliphatic heterocycles. The van der Waals surface area contributed by atoms with Crippen LogP contribution in [0.25, 0.3) is 0 Å². The number of ether oxygens (including phenoxy) is 1. The minimum absolute atomic E-state index is 0.0510. The van der Waals surface area contributed by atoms with Crippen LogP contribution >= 0.6 is 0 Å². The number of likely N-dealkylation sites (N-methyl/N-ethyl adjacent to an activating group) is 1. The molecular weight excluding hydrogens is 298 g/mol. The van der Waals surface area contributed by atoms with Crippen LogP contribution in [0.2, 0.25) is 0 Å². The zero-order chi connectivity index (χ0) is 16.7. The van der Waals surface area contributed by atoms with Crippen molar-refractivity contribution >= 4 is 11.6 Å². The summed E-state index contributed by atoms with van der Waals surface area (Å²) in [6, 6.07) is 6.03. The van der Waals surface area contributed by atoms with E-state index in [0.717, 1.165) is 39.0 Å². The minimum atomic E-state index is -0.437. The molecule has 1 fully saturated rings. The van der Waals surface area contributed by atoms with E-state index in [-0.39, 0.29) is 11.6 Å². The average Bonchev–Trinajstić information content (AvgIpc) is 2.55. The molecule has 0 atom stereocenters. The van der Waals surface area contributed by atoms with Gasteiger partial charge in [0.15, 0.2) is 0 Å². The number of benzene rings is 1. The van der Waals surface area contributed by atoms with E-state index in [2.05, 4.69) is 11.9 Å². The van der Waals surface area contributed by atoms with Crippen molar-refractivity contribution in [2.75, 3.05) is 39.8 Å². The lowest BCUT2D eigenvalue weighted by Crippen LogP contribution is -2.47. The fraction of sp³-hybridized carbons (Fsp3) is 0.562. The largest absolute Gasteiger partial charge is 0.494 e. The second kappa shape index (κ2) is 8.47. The minimum Gasteiger partial charge on any atom is -0.494 e. The number of nitro benzene ring substituents is 1. The van der Waals surface area contributed by atoms with Gasteiger partial charge in [-0.1, -0.05) is 0 Å². The predicted octanol–water partition coefficient (Wildman–Crippen LogP) is 1.92. The lowest BCUT2D eigenvalue weighted by Gasteiger charge is -2.32. The lowest BCUT2D eigenvalue weighted by atomic mass is 10.2. The molecule has 1 heterocycles. The Morgan fingerprint density at radius 3 is 2.43 bits per heavy atom. The molecule has 1 aromatic carbocycles. The summed E-state index contributed by atoms with van der Waals surface area (Å²) in [4.78, 5) is 26.3. The third kappa shape index (κ3) is 5.52. The van der Waals surface area contributed by atoms with E-state index in [9.17, 15) is 14.9 Å². The van der Waals surface area contributed by atoms with E-state index in [4.69, 9.17) is 4.74 Å². The van der Waals surface area contributed by atoms with E-state index in [1.807, 2.05) is 4.90 Å². The quantitative estimate of drug-likeness (QED) is 0.436. The number of non-ortho nitro benzene ring substituents is 1. The van der Waals surface area contributed by atoms with E-state index in [0.29, 0.717) is 18.8 Å². The number of nitrogens with zero attached hydrogens (tertiary/aromatic N) is 3. The van der Waals surface area contributed by atoms with Crippen molar-refractivity contribution in [3.05, 3.63) is 34.4 Å². The number of carbonyl (C=O) groups excluding carboxylic acids is 1. The Labute approximate surface area is 136 Å². The summed E-state index contributed by atoms with van der Waals surface area (Å²) in [6.45, 7) is 4.01. The van der Waals surface area contributed by atoms with E-state index in [1.54, 1.807) is 12.1 Å². The molecule has 1 amide bonds. The summed E-state index contributed by atoms with van der Waals surface area (Å²) in [5, 5.41) is 10.5. The van der Waals surface area contributed by atoms with Crippen molar-refractivity contribution in [1.29, 1.82) is 0 Å². The van der Waals surface area contributed by atoms with Crippen molar-refractivity contribution in [3.8, 4) is 5.75 Å². The molecule has 1 aromatic rings. The van der Waals surface area contributed by atoms with Crippen LogP contribution < -0.4 is 4.74 Å². The molecule has 1 saturated heterocycles. The first-order chi connectivity index (χ1) is 11.1. The summed E-state index contributed by atoms with van der Waals surface area (Å²) < 4.78 is 5.53. The van der Waals surface area contributed by atoms with Crippen molar-refractivity contribution in [1.82, 2.24) is 9.80 Å². The van der Waals surface area contributed by atoms with Gasteiger partial charge >= 0.3 is 0 Å². The maximum atomic E-state index is 12.0. The Morgan fingerprint density at radius 2 is 1.83 bits per heavy atom. The molecule has 0 aliphatic carbocycles. The number of amides is 1. The number of hydrogen-bond acceptors (Lipinski definition) is 5. The molecule has 2 rings (SSSR count). The molecule has 0 unspecified atom stereocenters. The molecule has 23 heavy (non-hydrogen) atoms. The van der Waals surface area contributed by atoms with Gasteiger partial charge in [0, 0.05) is 44.7 Å². The summed E-state index contributed by atoms with van der Waals surface area (Å²) >= 11 is 0. The van der Waals surface area contributed by atoms with Gasteiger partial charge < -0.3 is 14.5 Å². The molecule has 1 aliphatic rings. The van der Waals surface area contributed by atoms with Gasteiger partial charge in [-0.2, -0.15) is 0 Å². The highest BCUT2D eigenvalue weighted by Gasteiger charge is 2.18. The third-order valence-corrected chi connectivity index (χ3v) is 3.96. The molecule has 0 N–H and O–H groups in total. The Kier molecular flexibility index (Phi) is 6.34. The summed E-state index contributed by atoms with van der Waals surface area (Å²) in [6.07, 6.45) is 2.13. The van der Waals surface area contributed by atoms with Gasteiger partial charge in [-0.15, -0.1) is 0 Å². The van der Waals surface area contributed by atoms with Gasteiger partial charge in [-0.25, -0.2) is 0 Å². The highest BCUT2D eigenvalue weighted by Crippen LogP contribution is 2.17. The number of piperazine rings is 1. The smallest absolute Gasteiger partial charge is 0.269 e. The summed E-state index contributed by atoms with van der Waals surface area (Å²) in [7, 11) is 2.07. The van der Waals surface area contributed by atoms with Gasteiger partial charge in [0.1, 0.15) is 5.75 Å². The normalized spacial score (nSPS) is 15.4. The van der Waals surface area contributed by atoms with Crippen LogP contribution in [0.15, 0.2) is 24.3 Å². The summed E-state index contributed by atoms with van der Waals surface area (Å²) in [5.74, 6) is 0.828. The lowest BCUT2D eigenvalue weighted by molar-refractivity contribution is -0.384. The SMILES string of the molecule is CN1CCN(C(=O)CCCCOc2ccc([N+](=O)[O-])cc2)CC1. The van der Waals surface area contributed by atoms with Gasteiger partial charge in [-0.3, -0.25) is 14.9 Å². The number of carbonyl (C=O) groups is 1. The van der Waals surface area contributed by atoms with Crippen molar-refractivity contribution < 1.29 is 14.5 Å². The average molecular weight is 321 g/mol. The topological polar surface area (TPSA) is 75.9 Å². The molecule has 7 nitrogen and oxygen atoms in total. The van der Waals surface area contributed by atoms with Crippen molar-refractivity contribution in [2.24, 2.45) is 0 Å². The fourth-order valence-electron chi connectivity index (χ4n) is 2.45. The van der Waals surface area contributed by atoms with Gasteiger partial charge in [0.05, 0.1) is 11.5 Å². The molecule has 0 aromatic heterocycles. The molecule has 126 valence electrons. The molecule has 0 radical (unpaired) electrons. The number of rotatable bonds is 7. The first-order valence-electron chi connectivity index (χ1n) is 7.90. The standard InChI is InChI=1S/C16H23N3O4/c1-17-9-11-18(12-10-17)16(20)4-2-3-13-23-15-7-5-14(6-8-15)19(21)22/h5-8H,2-4,9-13H2,1H3. The number of hydrogen-bond donors (Lipinski definition) is 0. The van der Waals surface area contributed by atoms with Crippen LogP contribution in [0.1, 0.15) is 19.3 Å².